The molecule has 1 aromatic carbocycles. The molecular formula is C25H29Cl3N6O2S. The van der Waals surface area contributed by atoms with E-state index in [9.17, 15) is 9.59 Å². The van der Waals surface area contributed by atoms with E-state index in [0.29, 0.717) is 43.7 Å². The first-order valence-electron chi connectivity index (χ1n) is 11.3. The Hall–Kier alpha value is -2.40. The molecule has 0 fully saturated rings. The molecule has 0 aliphatic carbocycles. The number of rotatable bonds is 10. The van der Waals surface area contributed by atoms with Crippen LogP contribution in [0.4, 0.5) is 17.2 Å². The van der Waals surface area contributed by atoms with Crippen LogP contribution >= 0.6 is 46.1 Å². The van der Waals surface area contributed by atoms with Crippen molar-refractivity contribution in [1.82, 2.24) is 14.8 Å². The first-order chi connectivity index (χ1) is 17.5. The quantitative estimate of drug-likeness (QED) is 0.320. The fraction of sp³-hybridized carbons (Fsp3) is 0.320. The number of hydrogen-bond donors (Lipinski definition) is 2. The Labute approximate surface area is 236 Å². The molecule has 3 rings (SSSR count). The summed E-state index contributed by atoms with van der Waals surface area (Å²) in [5.41, 5.74) is 1.91. The zero-order valence-electron chi connectivity index (χ0n) is 21.2. The molecule has 2 heterocycles. The molecule has 0 atom stereocenters. The molecule has 37 heavy (non-hydrogen) atoms. The Kier molecular flexibility index (Phi) is 10.2. The molecule has 0 spiro atoms. The zero-order valence-corrected chi connectivity index (χ0v) is 24.3. The summed E-state index contributed by atoms with van der Waals surface area (Å²) in [6.07, 6.45) is 1.43. The summed E-state index contributed by atoms with van der Waals surface area (Å²) in [5, 5.41) is 8.68. The summed E-state index contributed by atoms with van der Waals surface area (Å²) in [6.45, 7) is 2.38. The van der Waals surface area contributed by atoms with E-state index in [1.165, 1.54) is 23.6 Å². The van der Waals surface area contributed by atoms with Crippen LogP contribution in [0.25, 0.3) is 0 Å². The van der Waals surface area contributed by atoms with Gasteiger partial charge in [-0.2, -0.15) is 0 Å². The van der Waals surface area contributed by atoms with Gasteiger partial charge in [0.2, 0.25) is 0 Å². The number of carbonyl (C=O) groups excluding carboxylic acids is 2. The highest BCUT2D eigenvalue weighted by atomic mass is 35.5. The maximum absolute atomic E-state index is 13.4. The van der Waals surface area contributed by atoms with Crippen LogP contribution < -0.4 is 15.5 Å². The molecule has 2 N–H and O–H groups in total. The summed E-state index contributed by atoms with van der Waals surface area (Å²) in [6, 6.07) is 6.37. The van der Waals surface area contributed by atoms with Crippen LogP contribution in [-0.2, 0) is 6.54 Å². The van der Waals surface area contributed by atoms with Gasteiger partial charge in [-0.3, -0.25) is 9.59 Å². The predicted octanol–water partition coefficient (Wildman–Crippen LogP) is 5.67. The van der Waals surface area contributed by atoms with E-state index in [4.69, 9.17) is 34.8 Å². The van der Waals surface area contributed by atoms with Crippen molar-refractivity contribution in [2.24, 2.45) is 0 Å². The third-order valence-corrected chi connectivity index (χ3v) is 7.41. The largest absolute Gasteiger partial charge is 0.376 e. The lowest BCUT2D eigenvalue weighted by atomic mass is 10.1. The summed E-state index contributed by atoms with van der Waals surface area (Å²) >= 11 is 20.1. The summed E-state index contributed by atoms with van der Waals surface area (Å²) in [4.78, 5) is 37.1. The van der Waals surface area contributed by atoms with E-state index in [0.717, 1.165) is 18.7 Å². The maximum Gasteiger partial charge on any atom is 0.267 e. The van der Waals surface area contributed by atoms with Gasteiger partial charge in [0.05, 0.1) is 27.0 Å². The minimum Gasteiger partial charge on any atom is -0.376 e. The maximum atomic E-state index is 13.4. The molecule has 8 nitrogen and oxygen atoms in total. The van der Waals surface area contributed by atoms with Crippen LogP contribution in [-0.4, -0.2) is 74.9 Å². The lowest BCUT2D eigenvalue weighted by Gasteiger charge is -2.21. The summed E-state index contributed by atoms with van der Waals surface area (Å²) < 4.78 is 0. The molecule has 0 saturated carbocycles. The molecule has 2 aromatic heterocycles. The number of pyridine rings is 1. The Balaban J connectivity index is 1.88. The smallest absolute Gasteiger partial charge is 0.267 e. The van der Waals surface area contributed by atoms with Gasteiger partial charge in [0.1, 0.15) is 10.7 Å². The van der Waals surface area contributed by atoms with Crippen LogP contribution in [0.15, 0.2) is 35.8 Å². The van der Waals surface area contributed by atoms with Crippen molar-refractivity contribution in [2.75, 3.05) is 63.9 Å². The molecular weight excluding hydrogens is 555 g/mol. The van der Waals surface area contributed by atoms with E-state index in [-0.39, 0.29) is 5.56 Å². The SMILES string of the molecule is CN(C)CCN(C)Cc1csc(C(=O)Nc2c(C(=O)Nc3ccc(Cl)cn3)cc(Cl)cc2N(C)C)c1Cl. The molecule has 0 aliphatic heterocycles. The minimum atomic E-state index is -0.490. The van der Waals surface area contributed by atoms with Crippen LogP contribution in [0.3, 0.4) is 0 Å². The molecule has 0 bridgehead atoms. The average molecular weight is 584 g/mol. The first kappa shape index (κ1) is 29.2. The van der Waals surface area contributed by atoms with Gasteiger partial charge >= 0.3 is 0 Å². The highest BCUT2D eigenvalue weighted by molar-refractivity contribution is 7.13. The van der Waals surface area contributed by atoms with Gasteiger partial charge in [0, 0.05) is 44.9 Å². The van der Waals surface area contributed by atoms with Gasteiger partial charge in [0.25, 0.3) is 11.8 Å². The highest BCUT2D eigenvalue weighted by Gasteiger charge is 2.24. The Morgan fingerprint density at radius 3 is 2.30 bits per heavy atom. The predicted molar refractivity (Wildman–Crippen MR) is 155 cm³/mol. The van der Waals surface area contributed by atoms with Gasteiger partial charge in [0.15, 0.2) is 0 Å². The highest BCUT2D eigenvalue weighted by Crippen LogP contribution is 2.35. The molecule has 2 amide bonds. The number of anilines is 3. The average Bonchev–Trinajstić information content (AvgIpc) is 3.19. The number of halogens is 3. The number of nitrogens with zero attached hydrogens (tertiary/aromatic N) is 4. The van der Waals surface area contributed by atoms with Crippen molar-refractivity contribution < 1.29 is 9.59 Å². The van der Waals surface area contributed by atoms with Crippen LogP contribution in [0.2, 0.25) is 15.1 Å². The molecule has 0 radical (unpaired) electrons. The number of thiophene rings is 1. The second-order valence-corrected chi connectivity index (χ2v) is 11.1. The topological polar surface area (TPSA) is 80.8 Å². The monoisotopic (exact) mass is 582 g/mol. The van der Waals surface area contributed by atoms with Crippen molar-refractivity contribution in [3.8, 4) is 0 Å². The van der Waals surface area contributed by atoms with E-state index >= 15 is 0 Å². The van der Waals surface area contributed by atoms with Crippen molar-refractivity contribution >= 4 is 75.1 Å². The van der Waals surface area contributed by atoms with Gasteiger partial charge < -0.3 is 25.3 Å². The van der Waals surface area contributed by atoms with Crippen molar-refractivity contribution in [3.05, 3.63) is 66.9 Å². The normalized spacial score (nSPS) is 11.2. The van der Waals surface area contributed by atoms with Crippen LogP contribution in [0, 0.1) is 0 Å². The molecule has 12 heteroatoms. The molecule has 198 valence electrons. The number of hydrogen-bond acceptors (Lipinski definition) is 7. The second kappa shape index (κ2) is 12.9. The molecule has 0 unspecified atom stereocenters. The second-order valence-electron chi connectivity index (χ2n) is 8.96. The van der Waals surface area contributed by atoms with Gasteiger partial charge in [-0.05, 0) is 56.4 Å². The number of benzene rings is 1. The van der Waals surface area contributed by atoms with Crippen molar-refractivity contribution in [3.63, 3.8) is 0 Å². The summed E-state index contributed by atoms with van der Waals surface area (Å²) in [7, 11) is 9.64. The number of carbonyl (C=O) groups is 2. The Morgan fingerprint density at radius 1 is 0.946 bits per heavy atom. The van der Waals surface area contributed by atoms with E-state index in [2.05, 4.69) is 25.4 Å². The Morgan fingerprint density at radius 2 is 1.68 bits per heavy atom. The third-order valence-electron chi connectivity index (χ3n) is 5.39. The standard InChI is InChI=1S/C25H29Cl3N6O2S/c1-32(2)8-9-34(5)13-15-14-37-23(21(15)28)25(36)31-22-18(10-17(27)11-19(22)33(3)4)24(35)30-20-7-6-16(26)12-29-20/h6-7,10-12,14H,8-9,13H2,1-5H3,(H,31,36)(H,29,30,35). The van der Waals surface area contributed by atoms with Crippen LogP contribution in [0.1, 0.15) is 25.6 Å². The van der Waals surface area contributed by atoms with Crippen molar-refractivity contribution in [2.45, 2.75) is 6.54 Å². The van der Waals surface area contributed by atoms with E-state index in [1.807, 2.05) is 26.5 Å². The van der Waals surface area contributed by atoms with E-state index < -0.39 is 11.8 Å². The van der Waals surface area contributed by atoms with Gasteiger partial charge in [-0.1, -0.05) is 34.8 Å². The third kappa shape index (κ3) is 7.80. The van der Waals surface area contributed by atoms with Gasteiger partial charge in [-0.15, -0.1) is 11.3 Å². The number of likely N-dealkylation sites (N-methyl/N-ethyl adjacent to an activating group) is 2. The zero-order chi connectivity index (χ0) is 27.3. The van der Waals surface area contributed by atoms with Crippen LogP contribution in [0.5, 0.6) is 0 Å². The number of nitrogens with one attached hydrogen (secondary N) is 2. The molecule has 3 aromatic rings. The summed E-state index contributed by atoms with van der Waals surface area (Å²) in [5.74, 6) is -0.597. The van der Waals surface area contributed by atoms with E-state index in [1.54, 1.807) is 37.2 Å². The Bertz CT molecular complexity index is 1260. The minimum absolute atomic E-state index is 0.178. The number of amides is 2. The molecule has 0 saturated heterocycles. The first-order valence-corrected chi connectivity index (χ1v) is 13.3. The molecule has 0 aliphatic rings. The number of aromatic nitrogens is 1. The van der Waals surface area contributed by atoms with Gasteiger partial charge in [-0.25, -0.2) is 4.98 Å². The fourth-order valence-corrected chi connectivity index (χ4v) is 5.01. The lowest BCUT2D eigenvalue weighted by Crippen LogP contribution is -2.28. The van der Waals surface area contributed by atoms with Crippen molar-refractivity contribution in [1.29, 1.82) is 0 Å². The fourth-order valence-electron chi connectivity index (χ4n) is 3.44. The lowest BCUT2D eigenvalue weighted by molar-refractivity contribution is 0.102.